The average Bonchev–Trinajstić information content (AvgIpc) is 3.77. The van der Waals surface area contributed by atoms with Gasteiger partial charge in [-0.1, -0.05) is 24.3 Å². The second-order valence-electron chi connectivity index (χ2n) is 15.9. The lowest BCUT2D eigenvalue weighted by molar-refractivity contribution is -0.137. The van der Waals surface area contributed by atoms with E-state index >= 15 is 0 Å². The number of amides is 2. The van der Waals surface area contributed by atoms with Gasteiger partial charge >= 0.3 is 0 Å². The molecule has 0 bridgehead atoms. The van der Waals surface area contributed by atoms with Crippen LogP contribution in [0.4, 0.5) is 34.6 Å². The molecule has 0 saturated carbocycles. The van der Waals surface area contributed by atoms with Crippen molar-refractivity contribution in [3.05, 3.63) is 83.2 Å². The van der Waals surface area contributed by atoms with Crippen LogP contribution in [0, 0.1) is 19.8 Å². The molecule has 0 aliphatic carbocycles. The summed E-state index contributed by atoms with van der Waals surface area (Å²) in [7, 11) is 1.90. The molecule has 290 valence electrons. The normalized spacial score (nSPS) is 19.7. The number of piperidine rings is 2. The molecule has 56 heavy (non-hydrogen) atoms. The van der Waals surface area contributed by atoms with Gasteiger partial charge in [-0.2, -0.15) is 10.1 Å². The number of anilines is 6. The molecule has 3 aromatic heterocycles. The fourth-order valence-electron chi connectivity index (χ4n) is 8.85. The minimum absolute atomic E-state index is 0.154. The van der Waals surface area contributed by atoms with E-state index in [1.165, 1.54) is 16.8 Å². The smallest absolute Gasteiger partial charge is 0.243 e. The first-order chi connectivity index (χ1) is 27.2. The van der Waals surface area contributed by atoms with Crippen LogP contribution in [-0.4, -0.2) is 98.2 Å². The molecule has 4 aliphatic rings. The van der Waals surface area contributed by atoms with Crippen molar-refractivity contribution < 1.29 is 9.59 Å². The Labute approximate surface area is 327 Å². The van der Waals surface area contributed by atoms with Gasteiger partial charge in [0.1, 0.15) is 5.82 Å². The van der Waals surface area contributed by atoms with E-state index in [0.29, 0.717) is 24.7 Å². The van der Waals surface area contributed by atoms with Gasteiger partial charge in [0.05, 0.1) is 23.3 Å². The van der Waals surface area contributed by atoms with E-state index in [-0.39, 0.29) is 17.9 Å². The highest BCUT2D eigenvalue weighted by Gasteiger charge is 2.35. The van der Waals surface area contributed by atoms with Gasteiger partial charge in [0, 0.05) is 89.9 Å². The molecule has 5 aromatic rings. The minimum Gasteiger partial charge on any atom is -0.369 e. The van der Waals surface area contributed by atoms with E-state index in [2.05, 4.69) is 96.8 Å². The van der Waals surface area contributed by atoms with Crippen molar-refractivity contribution in [3.63, 3.8) is 0 Å². The summed E-state index contributed by atoms with van der Waals surface area (Å²) in [5.41, 5.74) is 8.81. The molecule has 7 heterocycles. The molecule has 1 atom stereocenters. The number of benzene rings is 2. The zero-order chi connectivity index (χ0) is 38.3. The number of carbonyl (C=O) groups excluding carboxylic acids is 2. The zero-order valence-corrected chi connectivity index (χ0v) is 32.5. The van der Waals surface area contributed by atoms with Gasteiger partial charge in [0.15, 0.2) is 11.5 Å². The number of pyridine rings is 1. The van der Waals surface area contributed by atoms with Gasteiger partial charge < -0.3 is 20.4 Å². The number of carbonyl (C=O) groups is 2. The molecule has 2 amide bonds. The van der Waals surface area contributed by atoms with E-state index in [0.717, 1.165) is 117 Å². The molecule has 14 nitrogen and oxygen atoms in total. The number of rotatable bonds is 9. The maximum absolute atomic E-state index is 12.5. The number of piperazine rings is 1. The van der Waals surface area contributed by atoms with Crippen LogP contribution in [0.1, 0.15) is 47.9 Å². The number of para-hydroxylation sites is 1. The van der Waals surface area contributed by atoms with Crippen molar-refractivity contribution in [2.45, 2.75) is 58.7 Å². The molecule has 3 fully saturated rings. The molecular formula is C42H50N12O2. The first-order valence-corrected chi connectivity index (χ1v) is 19.9. The number of aryl methyl sites for hydroxylation is 3. The second-order valence-corrected chi connectivity index (χ2v) is 15.9. The number of hydrogen-bond acceptors (Lipinski definition) is 12. The SMILES string of the molecule is Cc1cccc(C)c1Nc1nn(C)c2nc(Nc3ccc(N4CCC(CN5CCN(c6ccc7c(c6)CN(C6CCC(=O)NC6=O)C7)CC5)CC4)nc3)ncc12. The maximum Gasteiger partial charge on any atom is 0.243 e. The lowest BCUT2D eigenvalue weighted by Gasteiger charge is -2.40. The van der Waals surface area contributed by atoms with Crippen LogP contribution in [0.3, 0.4) is 0 Å². The fourth-order valence-corrected chi connectivity index (χ4v) is 8.85. The Morgan fingerprint density at radius 3 is 2.36 bits per heavy atom. The van der Waals surface area contributed by atoms with Crippen molar-refractivity contribution in [3.8, 4) is 0 Å². The van der Waals surface area contributed by atoms with Gasteiger partial charge in [0.25, 0.3) is 0 Å². The lowest BCUT2D eigenvalue weighted by atomic mass is 9.96. The van der Waals surface area contributed by atoms with E-state index in [9.17, 15) is 9.59 Å². The first-order valence-electron chi connectivity index (χ1n) is 19.9. The molecule has 3 saturated heterocycles. The second kappa shape index (κ2) is 15.1. The summed E-state index contributed by atoms with van der Waals surface area (Å²) in [5.74, 6) is 2.61. The van der Waals surface area contributed by atoms with Gasteiger partial charge in [0.2, 0.25) is 17.8 Å². The molecular weight excluding hydrogens is 705 g/mol. The molecule has 9 rings (SSSR count). The first kappa shape index (κ1) is 36.1. The average molecular weight is 755 g/mol. The van der Waals surface area contributed by atoms with Gasteiger partial charge in [-0.05, 0) is 85.5 Å². The highest BCUT2D eigenvalue weighted by molar-refractivity contribution is 6.00. The number of hydrogen-bond donors (Lipinski definition) is 3. The Hall–Kier alpha value is -5.60. The predicted molar refractivity (Wildman–Crippen MR) is 218 cm³/mol. The van der Waals surface area contributed by atoms with Crippen LogP contribution in [0.25, 0.3) is 11.0 Å². The molecule has 14 heteroatoms. The Morgan fingerprint density at radius 2 is 1.61 bits per heavy atom. The summed E-state index contributed by atoms with van der Waals surface area (Å²) >= 11 is 0. The monoisotopic (exact) mass is 754 g/mol. The third-order valence-electron chi connectivity index (χ3n) is 12.1. The van der Waals surface area contributed by atoms with Crippen molar-refractivity contribution in [1.82, 2.24) is 39.8 Å². The van der Waals surface area contributed by atoms with Crippen LogP contribution in [0.5, 0.6) is 0 Å². The number of nitrogens with zero attached hydrogens (tertiary/aromatic N) is 9. The molecule has 0 spiro atoms. The standard InChI is InChI=1S/C42H50N12O2/c1-27-5-4-6-28(2)38(27)47-39-34-23-44-42(48-40(34)50(3)49-39)45-32-8-11-36(43-22-32)53-15-13-29(14-16-53)24-51-17-19-52(20-18-51)33-9-7-30-25-54(26-31(30)21-33)35-10-12-37(55)46-41(35)56/h4-9,11,21-23,29,35H,10,12-20,24-26H2,1-3H3,(H,47,49)(H,44,45,48)(H,46,55,56). The number of aromatic nitrogens is 5. The molecule has 1 unspecified atom stereocenters. The van der Waals surface area contributed by atoms with Crippen LogP contribution in [0.15, 0.2) is 60.9 Å². The van der Waals surface area contributed by atoms with Crippen LogP contribution < -0.4 is 25.8 Å². The Balaban J connectivity index is 0.734. The Kier molecular flexibility index (Phi) is 9.76. The van der Waals surface area contributed by atoms with E-state index in [1.54, 1.807) is 4.68 Å². The molecule has 0 radical (unpaired) electrons. The van der Waals surface area contributed by atoms with Gasteiger partial charge in [-0.25, -0.2) is 14.6 Å². The third-order valence-corrected chi connectivity index (χ3v) is 12.1. The van der Waals surface area contributed by atoms with Crippen molar-refractivity contribution >= 4 is 57.5 Å². The number of imide groups is 1. The predicted octanol–water partition coefficient (Wildman–Crippen LogP) is 5.02. The lowest BCUT2D eigenvalue weighted by Crippen LogP contribution is -2.50. The highest BCUT2D eigenvalue weighted by atomic mass is 16.2. The summed E-state index contributed by atoms with van der Waals surface area (Å²) in [6.45, 7) is 13.0. The van der Waals surface area contributed by atoms with Crippen LogP contribution >= 0.6 is 0 Å². The van der Waals surface area contributed by atoms with Gasteiger partial charge in [-0.3, -0.25) is 24.7 Å². The summed E-state index contributed by atoms with van der Waals surface area (Å²) in [4.78, 5) is 48.0. The summed E-state index contributed by atoms with van der Waals surface area (Å²) < 4.78 is 1.78. The zero-order valence-electron chi connectivity index (χ0n) is 32.5. The molecule has 3 N–H and O–H groups in total. The van der Waals surface area contributed by atoms with Crippen LogP contribution in [-0.2, 0) is 29.7 Å². The van der Waals surface area contributed by atoms with Gasteiger partial charge in [-0.15, -0.1) is 0 Å². The van der Waals surface area contributed by atoms with Crippen molar-refractivity contribution in [2.75, 3.05) is 66.2 Å². The molecule has 4 aliphatic heterocycles. The van der Waals surface area contributed by atoms with E-state index in [4.69, 9.17) is 15.1 Å². The van der Waals surface area contributed by atoms with Crippen molar-refractivity contribution in [1.29, 1.82) is 0 Å². The quantitative estimate of drug-likeness (QED) is 0.174. The Morgan fingerprint density at radius 1 is 0.821 bits per heavy atom. The summed E-state index contributed by atoms with van der Waals surface area (Å²) in [5, 5.41) is 14.9. The maximum atomic E-state index is 12.5. The topological polar surface area (TPSA) is 140 Å². The van der Waals surface area contributed by atoms with E-state index in [1.807, 2.05) is 25.5 Å². The van der Waals surface area contributed by atoms with E-state index < -0.39 is 0 Å². The summed E-state index contributed by atoms with van der Waals surface area (Å²) in [6, 6.07) is 16.9. The largest absolute Gasteiger partial charge is 0.369 e. The minimum atomic E-state index is -0.221. The van der Waals surface area contributed by atoms with Crippen molar-refractivity contribution in [2.24, 2.45) is 13.0 Å². The number of nitrogens with one attached hydrogen (secondary N) is 3. The third kappa shape index (κ3) is 7.38. The summed E-state index contributed by atoms with van der Waals surface area (Å²) in [6.07, 6.45) is 7.02. The van der Waals surface area contributed by atoms with Crippen LogP contribution in [0.2, 0.25) is 0 Å². The highest BCUT2D eigenvalue weighted by Crippen LogP contribution is 2.32. The number of fused-ring (bicyclic) bond motifs is 2. The molecule has 2 aromatic carbocycles. The fraction of sp³-hybridized carbons (Fsp3) is 0.429. The Bertz CT molecular complexity index is 2240.